The highest BCUT2D eigenvalue weighted by molar-refractivity contribution is 6.32. The maximum atomic E-state index is 12.1. The van der Waals surface area contributed by atoms with Crippen LogP contribution < -0.4 is 5.46 Å². The quantitative estimate of drug-likeness (QED) is 0.663. The zero-order valence-electron chi connectivity index (χ0n) is 10.0. The van der Waals surface area contributed by atoms with Gasteiger partial charge in [0.25, 0.3) is 5.91 Å². The average molecular weight is 203 g/mol. The van der Waals surface area contributed by atoms with Crippen molar-refractivity contribution in [1.82, 2.24) is 4.90 Å². The molecule has 1 aromatic carbocycles. The van der Waals surface area contributed by atoms with Crippen LogP contribution in [0.3, 0.4) is 0 Å². The van der Waals surface area contributed by atoms with Gasteiger partial charge in [-0.2, -0.15) is 0 Å². The summed E-state index contributed by atoms with van der Waals surface area (Å²) in [5.74, 6) is 0.137. The number of benzene rings is 1. The van der Waals surface area contributed by atoms with E-state index in [2.05, 4.69) is 6.07 Å². The van der Waals surface area contributed by atoms with E-state index in [0.717, 1.165) is 24.2 Å². The monoisotopic (exact) mass is 203 g/mol. The van der Waals surface area contributed by atoms with Crippen LogP contribution >= 0.6 is 0 Å². The van der Waals surface area contributed by atoms with E-state index >= 15 is 0 Å². The third-order valence-electron chi connectivity index (χ3n) is 2.66. The molecule has 0 heterocycles. The number of carbonyl (C=O) groups excluding carboxylic acids is 1. The van der Waals surface area contributed by atoms with E-state index in [9.17, 15) is 4.79 Å². The molecule has 0 bridgehead atoms. The number of aryl methyl sites for hydroxylation is 1. The molecule has 1 aromatic rings. The van der Waals surface area contributed by atoms with Gasteiger partial charge in [-0.25, -0.2) is 0 Å². The minimum Gasteiger partial charge on any atom is -0.339 e. The van der Waals surface area contributed by atoms with Gasteiger partial charge in [-0.3, -0.25) is 4.79 Å². The van der Waals surface area contributed by atoms with Crippen LogP contribution in [0.5, 0.6) is 0 Å². The van der Waals surface area contributed by atoms with Gasteiger partial charge in [-0.1, -0.05) is 17.6 Å². The Morgan fingerprint density at radius 2 is 1.93 bits per heavy atom. The highest BCUT2D eigenvalue weighted by Gasteiger charge is 2.13. The molecule has 0 aliphatic rings. The lowest BCUT2D eigenvalue weighted by molar-refractivity contribution is 0.0772. The van der Waals surface area contributed by atoms with Gasteiger partial charge in [0, 0.05) is 18.7 Å². The fraction of sp³-hybridized carbons (Fsp3) is 0.417. The molecule has 0 saturated heterocycles. The Bertz CT molecular complexity index is 359. The van der Waals surface area contributed by atoms with Crippen LogP contribution in [0.25, 0.3) is 0 Å². The van der Waals surface area contributed by atoms with Crippen molar-refractivity contribution in [2.45, 2.75) is 20.8 Å². The van der Waals surface area contributed by atoms with Crippen LogP contribution in [0.1, 0.15) is 29.8 Å². The summed E-state index contributed by atoms with van der Waals surface area (Å²) < 4.78 is 0. The van der Waals surface area contributed by atoms with Crippen molar-refractivity contribution in [3.8, 4) is 0 Å². The first-order chi connectivity index (χ1) is 7.10. The lowest BCUT2D eigenvalue weighted by Crippen LogP contribution is -2.31. The summed E-state index contributed by atoms with van der Waals surface area (Å²) in [5.41, 5.74) is 3.08. The van der Waals surface area contributed by atoms with E-state index < -0.39 is 0 Å². The lowest BCUT2D eigenvalue weighted by atomic mass is 9.92. The molecule has 0 N–H and O–H groups in total. The molecule has 15 heavy (non-hydrogen) atoms. The summed E-state index contributed by atoms with van der Waals surface area (Å²) >= 11 is 0. The largest absolute Gasteiger partial charge is 0.339 e. The van der Waals surface area contributed by atoms with Crippen LogP contribution in [-0.4, -0.2) is 31.7 Å². The van der Waals surface area contributed by atoms with E-state index in [4.69, 9.17) is 0 Å². The first-order valence-electron chi connectivity index (χ1n) is 5.46. The molecule has 0 fully saturated rings. The van der Waals surface area contributed by atoms with Gasteiger partial charge in [0.1, 0.15) is 7.85 Å². The van der Waals surface area contributed by atoms with Crippen LogP contribution in [0.2, 0.25) is 0 Å². The third-order valence-corrected chi connectivity index (χ3v) is 2.66. The van der Waals surface area contributed by atoms with Crippen molar-refractivity contribution >= 4 is 19.2 Å². The summed E-state index contributed by atoms with van der Waals surface area (Å²) in [6, 6.07) is 5.96. The molecule has 0 unspecified atom stereocenters. The number of amides is 1. The van der Waals surface area contributed by atoms with Gasteiger partial charge < -0.3 is 4.90 Å². The van der Waals surface area contributed by atoms with Crippen LogP contribution in [0, 0.1) is 6.92 Å². The maximum absolute atomic E-state index is 12.1. The first kappa shape index (κ1) is 11.8. The van der Waals surface area contributed by atoms with Gasteiger partial charge in [0.15, 0.2) is 0 Å². The van der Waals surface area contributed by atoms with Crippen molar-refractivity contribution in [1.29, 1.82) is 0 Å². The molecule has 0 aliphatic carbocycles. The molecule has 1 amide bonds. The summed E-state index contributed by atoms with van der Waals surface area (Å²) in [5, 5.41) is 0. The molecular formula is C12H18BNO. The van der Waals surface area contributed by atoms with E-state index in [1.54, 1.807) is 0 Å². The summed E-state index contributed by atoms with van der Waals surface area (Å²) in [4.78, 5) is 13.9. The zero-order chi connectivity index (χ0) is 11.4. The lowest BCUT2D eigenvalue weighted by Gasteiger charge is -2.19. The van der Waals surface area contributed by atoms with Gasteiger partial charge in [0.2, 0.25) is 0 Å². The van der Waals surface area contributed by atoms with E-state index in [1.165, 1.54) is 5.46 Å². The Hall–Kier alpha value is -1.25. The smallest absolute Gasteiger partial charge is 0.254 e. The Morgan fingerprint density at radius 1 is 1.33 bits per heavy atom. The Labute approximate surface area is 92.7 Å². The van der Waals surface area contributed by atoms with Gasteiger partial charge in [-0.15, -0.1) is 0 Å². The normalized spacial score (nSPS) is 10.1. The number of rotatable bonds is 3. The number of hydrogen-bond donors (Lipinski definition) is 0. The molecule has 1 rings (SSSR count). The fourth-order valence-corrected chi connectivity index (χ4v) is 1.73. The second-order valence-corrected chi connectivity index (χ2v) is 3.80. The maximum Gasteiger partial charge on any atom is 0.254 e. The van der Waals surface area contributed by atoms with Crippen molar-refractivity contribution in [3.05, 3.63) is 29.3 Å². The molecular weight excluding hydrogens is 185 g/mol. The zero-order valence-corrected chi connectivity index (χ0v) is 10.0. The summed E-state index contributed by atoms with van der Waals surface area (Å²) in [6.07, 6.45) is 0. The van der Waals surface area contributed by atoms with Crippen molar-refractivity contribution in [2.24, 2.45) is 0 Å². The number of hydrogen-bond acceptors (Lipinski definition) is 1. The average Bonchev–Trinajstić information content (AvgIpc) is 2.19. The van der Waals surface area contributed by atoms with E-state index in [0.29, 0.717) is 0 Å². The second kappa shape index (κ2) is 5.01. The predicted octanol–water partition coefficient (Wildman–Crippen LogP) is 0.735. The van der Waals surface area contributed by atoms with Crippen LogP contribution in [0.15, 0.2) is 18.2 Å². The molecule has 0 radical (unpaired) electrons. The highest BCUT2D eigenvalue weighted by Crippen LogP contribution is 2.09. The number of carbonyl (C=O) groups is 1. The Morgan fingerprint density at radius 3 is 2.40 bits per heavy atom. The molecule has 80 valence electrons. The van der Waals surface area contributed by atoms with Gasteiger partial charge in [-0.05, 0) is 32.4 Å². The predicted molar refractivity (Wildman–Crippen MR) is 66.6 cm³/mol. The Kier molecular flexibility index (Phi) is 3.95. The van der Waals surface area contributed by atoms with Crippen molar-refractivity contribution < 1.29 is 4.79 Å². The molecule has 3 heteroatoms. The minimum absolute atomic E-state index is 0.137. The van der Waals surface area contributed by atoms with Crippen LogP contribution in [-0.2, 0) is 0 Å². The van der Waals surface area contributed by atoms with E-state index in [1.807, 2.05) is 45.7 Å². The molecule has 0 aromatic heterocycles. The molecule has 0 aliphatic heterocycles. The SMILES string of the molecule is Bc1ccc(C(=O)N(CC)CC)c(C)c1. The minimum atomic E-state index is 0.137. The number of nitrogens with zero attached hydrogens (tertiary/aromatic N) is 1. The third kappa shape index (κ3) is 2.61. The topological polar surface area (TPSA) is 20.3 Å². The summed E-state index contributed by atoms with van der Waals surface area (Å²) in [7, 11) is 2.04. The standard InChI is InChI=1S/C12H18BNO/c1-4-14(5-2)12(15)11-7-6-10(13)8-9(11)3/h6-8H,4-5,13H2,1-3H3. The van der Waals surface area contributed by atoms with Gasteiger partial charge in [0.05, 0.1) is 0 Å². The van der Waals surface area contributed by atoms with Crippen molar-refractivity contribution in [2.75, 3.05) is 13.1 Å². The first-order valence-corrected chi connectivity index (χ1v) is 5.46. The highest BCUT2D eigenvalue weighted by atomic mass is 16.2. The second-order valence-electron chi connectivity index (χ2n) is 3.80. The Balaban J connectivity index is 3.00. The van der Waals surface area contributed by atoms with Crippen LogP contribution in [0.4, 0.5) is 0 Å². The molecule has 2 nitrogen and oxygen atoms in total. The van der Waals surface area contributed by atoms with Gasteiger partial charge >= 0.3 is 0 Å². The summed E-state index contributed by atoms with van der Waals surface area (Å²) in [6.45, 7) is 7.53. The fourth-order valence-electron chi connectivity index (χ4n) is 1.73. The molecule has 0 saturated carbocycles. The van der Waals surface area contributed by atoms with Crippen molar-refractivity contribution in [3.63, 3.8) is 0 Å². The molecule has 0 spiro atoms. The molecule has 0 atom stereocenters. The van der Waals surface area contributed by atoms with E-state index in [-0.39, 0.29) is 5.91 Å².